The van der Waals surface area contributed by atoms with E-state index in [4.69, 9.17) is 4.42 Å². The van der Waals surface area contributed by atoms with Gasteiger partial charge < -0.3 is 24.9 Å². The Balaban J connectivity index is 0.000000175. The summed E-state index contributed by atoms with van der Waals surface area (Å²) in [5.41, 5.74) is 5.57. The first-order valence-electron chi connectivity index (χ1n) is 25.0. The third-order valence-corrected chi connectivity index (χ3v) is 15.0. The summed E-state index contributed by atoms with van der Waals surface area (Å²) < 4.78 is 44.8. The molecule has 0 aliphatic carbocycles. The summed E-state index contributed by atoms with van der Waals surface area (Å²) in [4.78, 5) is 78.3. The van der Waals surface area contributed by atoms with Crippen LogP contribution in [-0.4, -0.2) is 91.5 Å². The molecule has 9 heterocycles. The number of pyridine rings is 2. The van der Waals surface area contributed by atoms with Crippen molar-refractivity contribution in [3.8, 4) is 22.7 Å². The van der Waals surface area contributed by atoms with Crippen molar-refractivity contribution in [1.29, 1.82) is 0 Å². The number of amides is 4. The Morgan fingerprint density at radius 1 is 0.610 bits per heavy atom. The molecule has 0 saturated carbocycles. The van der Waals surface area contributed by atoms with Gasteiger partial charge in [-0.15, -0.1) is 0 Å². The first-order chi connectivity index (χ1) is 37.4. The van der Waals surface area contributed by atoms with Gasteiger partial charge >= 0.3 is 6.18 Å². The summed E-state index contributed by atoms with van der Waals surface area (Å²) in [6.45, 7) is 6.26. The summed E-state index contributed by atoms with van der Waals surface area (Å²) in [6, 6.07) is 26.4. The zero-order chi connectivity index (χ0) is 53.3. The number of piperidine rings is 2. The van der Waals surface area contributed by atoms with Crippen molar-refractivity contribution in [2.24, 2.45) is 11.8 Å². The maximum atomic E-state index is 12.9. The fraction of sp³-hybridized carbons (Fsp3) is 0.273. The van der Waals surface area contributed by atoms with Crippen LogP contribution < -0.4 is 31.1 Å². The maximum Gasteiger partial charge on any atom is 0.416 e. The van der Waals surface area contributed by atoms with E-state index in [0.29, 0.717) is 69.3 Å². The first kappa shape index (κ1) is 52.6. The normalized spacial score (nSPS) is 17.5. The van der Waals surface area contributed by atoms with Crippen LogP contribution in [0.15, 0.2) is 130 Å². The van der Waals surface area contributed by atoms with Crippen molar-refractivity contribution in [2.45, 2.75) is 44.9 Å². The van der Waals surface area contributed by atoms with Crippen LogP contribution in [0.4, 0.5) is 34.7 Å². The minimum Gasteiger partial charge on any atom is -0.454 e. The van der Waals surface area contributed by atoms with Crippen LogP contribution in [0, 0.1) is 11.8 Å². The number of carbonyl (C=O) groups excluding carboxylic acids is 4. The maximum absolute atomic E-state index is 12.9. The number of anilines is 2. The Morgan fingerprint density at radius 2 is 1.12 bits per heavy atom. The number of hydrogen-bond donors (Lipinski definition) is 4. The fourth-order valence-electron chi connectivity index (χ4n) is 9.36. The SMILES string of the molecule is O=C1NC(=O)/C(=C/c2ccnc(N3CCC(CNCc4cccnc4-c4cc5ccccc5o4)CC3)n2)S1.O=C1NC(=O)/C(=C/c2ccnc(N3CCC(CNCc4cccnc4-c4ccc(C(F)(F)F)cc4)CC3)n2)S1. The van der Waals surface area contributed by atoms with E-state index in [2.05, 4.69) is 67.0 Å². The number of hydrogen-bond acceptors (Lipinski definition) is 17. The van der Waals surface area contributed by atoms with Gasteiger partial charge in [0.25, 0.3) is 22.3 Å². The van der Waals surface area contributed by atoms with Gasteiger partial charge in [-0.05, 0) is 146 Å². The lowest BCUT2D eigenvalue weighted by Crippen LogP contribution is -2.38. The molecule has 4 aliphatic heterocycles. The average molecular weight is 1080 g/mol. The van der Waals surface area contributed by atoms with E-state index >= 15 is 0 Å². The summed E-state index contributed by atoms with van der Waals surface area (Å²) in [5.74, 6) is 2.21. The van der Waals surface area contributed by atoms with Crippen molar-refractivity contribution in [1.82, 2.24) is 51.2 Å². The lowest BCUT2D eigenvalue weighted by atomic mass is 9.96. The Morgan fingerprint density at radius 3 is 1.61 bits per heavy atom. The van der Waals surface area contributed by atoms with Crippen LogP contribution in [0.25, 0.3) is 45.8 Å². The first-order valence-corrected chi connectivity index (χ1v) is 26.6. The minimum absolute atomic E-state index is 0.310. The lowest BCUT2D eigenvalue weighted by Gasteiger charge is -2.32. The number of benzene rings is 2. The van der Waals surface area contributed by atoms with E-state index in [-0.39, 0.29) is 11.1 Å². The van der Waals surface area contributed by atoms with Crippen LogP contribution in [0.1, 0.15) is 53.8 Å². The van der Waals surface area contributed by atoms with E-state index in [1.807, 2.05) is 48.5 Å². The quantitative estimate of drug-likeness (QED) is 0.0747. The van der Waals surface area contributed by atoms with Gasteiger partial charge in [-0.2, -0.15) is 13.2 Å². The minimum atomic E-state index is -4.37. The summed E-state index contributed by atoms with van der Waals surface area (Å²) >= 11 is 1.74. The van der Waals surface area contributed by atoms with Gasteiger partial charge in [0.05, 0.1) is 32.5 Å². The number of nitrogens with one attached hydrogen (secondary N) is 4. The molecule has 4 amide bonds. The molecule has 0 unspecified atom stereocenters. The topological polar surface area (TPSA) is 213 Å². The number of para-hydroxylation sites is 1. The van der Waals surface area contributed by atoms with Crippen LogP contribution in [-0.2, 0) is 28.9 Å². The monoisotopic (exact) mass is 1080 g/mol. The average Bonchev–Trinajstić information content (AvgIpc) is 4.12. The van der Waals surface area contributed by atoms with Gasteiger partial charge in [0.1, 0.15) is 11.3 Å². The molecule has 11 rings (SSSR count). The molecule has 0 bridgehead atoms. The fourth-order valence-corrected chi connectivity index (χ4v) is 10.7. The molecular weight excluding hydrogens is 1030 g/mol. The number of alkyl halides is 3. The zero-order valence-corrected chi connectivity index (χ0v) is 43.0. The molecule has 5 aromatic heterocycles. The number of rotatable bonds is 14. The van der Waals surface area contributed by atoms with Crippen molar-refractivity contribution in [3.63, 3.8) is 0 Å². The largest absolute Gasteiger partial charge is 0.454 e. The molecule has 0 atom stereocenters. The van der Waals surface area contributed by atoms with Crippen LogP contribution in [0.3, 0.4) is 0 Å². The molecule has 4 fully saturated rings. The summed E-state index contributed by atoms with van der Waals surface area (Å²) in [5, 5.41) is 11.9. The highest BCUT2D eigenvalue weighted by Gasteiger charge is 2.31. The molecule has 4 N–H and O–H groups in total. The van der Waals surface area contributed by atoms with E-state index in [1.54, 1.807) is 49.1 Å². The number of furan rings is 1. The molecule has 0 radical (unpaired) electrons. The van der Waals surface area contributed by atoms with Crippen LogP contribution >= 0.6 is 23.5 Å². The Bertz CT molecular complexity index is 3330. The number of thioether (sulfide) groups is 2. The van der Waals surface area contributed by atoms with E-state index in [9.17, 15) is 32.3 Å². The van der Waals surface area contributed by atoms with Crippen molar-refractivity contribution < 1.29 is 36.8 Å². The highest BCUT2D eigenvalue weighted by atomic mass is 32.2. The van der Waals surface area contributed by atoms with Gasteiger partial charge in [0.15, 0.2) is 5.76 Å². The van der Waals surface area contributed by atoms with E-state index in [1.165, 1.54) is 12.1 Å². The standard InChI is InChI=1S/C28H26N6O3S.C27H25F3N6O2S/c35-26-24(38-28(36)33-26)15-21-7-11-31-27(32-21)34-12-8-18(9-13-34)16-29-17-20-5-3-10-30-25(20)23-14-19-4-1-2-6-22(19)37-23;28-27(29,30)20-5-3-18(4-6-20)23-19(2-1-10-32-23)16-31-15-17-8-12-36(13-9-17)25-33-11-7-21(34-25)14-22-24(37)35-26(38)39-22/h1-7,10-11,14-15,18,29H,8-9,12-13,16-17H2,(H,33,35,36);1-7,10-11,14,17,31H,8-9,12-13,15-16H2,(H,35,37,38)/b24-15-;22-14-. The Labute approximate surface area is 449 Å². The summed E-state index contributed by atoms with van der Waals surface area (Å²) in [6.07, 6.45) is 9.55. The second-order valence-corrected chi connectivity index (χ2v) is 20.7. The zero-order valence-electron chi connectivity index (χ0n) is 41.3. The lowest BCUT2D eigenvalue weighted by molar-refractivity contribution is -0.137. The molecular formula is C55H51F3N12O5S2. The van der Waals surface area contributed by atoms with E-state index < -0.39 is 22.9 Å². The number of imide groups is 2. The molecule has 22 heteroatoms. The van der Waals surface area contributed by atoms with Crippen molar-refractivity contribution >= 4 is 80.8 Å². The molecule has 77 heavy (non-hydrogen) atoms. The molecule has 17 nitrogen and oxygen atoms in total. The van der Waals surface area contributed by atoms with Gasteiger partial charge in [0.2, 0.25) is 11.9 Å². The smallest absolute Gasteiger partial charge is 0.416 e. The van der Waals surface area contributed by atoms with Crippen molar-refractivity contribution in [3.05, 3.63) is 154 Å². The van der Waals surface area contributed by atoms with Crippen LogP contribution in [0.5, 0.6) is 0 Å². The van der Waals surface area contributed by atoms with Gasteiger partial charge in [-0.3, -0.25) is 39.8 Å². The second kappa shape index (κ2) is 24.0. The van der Waals surface area contributed by atoms with Crippen LogP contribution in [0.2, 0.25) is 0 Å². The van der Waals surface area contributed by atoms with Crippen molar-refractivity contribution in [2.75, 3.05) is 49.1 Å². The molecule has 2 aromatic carbocycles. The Hall–Kier alpha value is -7.79. The third kappa shape index (κ3) is 13.4. The molecule has 7 aromatic rings. The molecule has 0 spiro atoms. The number of nitrogens with zero attached hydrogens (tertiary/aromatic N) is 8. The highest BCUT2D eigenvalue weighted by Crippen LogP contribution is 2.33. The molecule has 394 valence electrons. The van der Waals surface area contributed by atoms with E-state index in [0.717, 1.165) is 134 Å². The van der Waals surface area contributed by atoms with Gasteiger partial charge in [-0.25, -0.2) is 19.9 Å². The third-order valence-electron chi connectivity index (χ3n) is 13.4. The summed E-state index contributed by atoms with van der Waals surface area (Å²) in [7, 11) is 0. The number of fused-ring (bicyclic) bond motifs is 1. The number of halogens is 3. The number of aromatic nitrogens is 6. The highest BCUT2D eigenvalue weighted by molar-refractivity contribution is 8.18. The second-order valence-electron chi connectivity index (χ2n) is 18.6. The predicted octanol–water partition coefficient (Wildman–Crippen LogP) is 9.50. The predicted molar refractivity (Wildman–Crippen MR) is 290 cm³/mol. The van der Waals surface area contributed by atoms with Gasteiger partial charge in [-0.1, -0.05) is 42.5 Å². The Kier molecular flexibility index (Phi) is 16.4. The number of carbonyl (C=O) groups is 4. The molecule has 4 saturated heterocycles. The van der Waals surface area contributed by atoms with Gasteiger partial charge in [0, 0.05) is 75.0 Å². The molecule has 4 aliphatic rings.